The number of nitrogens with one attached hydrogen (secondary N) is 2. The number of carbonyl (C=O) groups is 2. The number of halogens is 1. The zero-order valence-corrected chi connectivity index (χ0v) is 15.5. The van der Waals surface area contributed by atoms with E-state index in [0.29, 0.717) is 18.7 Å². The SMILES string of the molecule is CC(C)N(C[C@@H]1CCC(=O)N1)C(=O)Nc1cccc(-c2ccc(F)cc2)c1. The van der Waals surface area contributed by atoms with Crippen LogP contribution in [-0.2, 0) is 4.79 Å². The van der Waals surface area contributed by atoms with Crippen LogP contribution in [0.4, 0.5) is 14.9 Å². The Morgan fingerprint density at radius 3 is 2.59 bits per heavy atom. The molecule has 27 heavy (non-hydrogen) atoms. The number of hydrogen-bond acceptors (Lipinski definition) is 2. The van der Waals surface area contributed by atoms with Gasteiger partial charge in [-0.15, -0.1) is 0 Å². The molecule has 3 amide bonds. The second-order valence-corrected chi connectivity index (χ2v) is 7.07. The van der Waals surface area contributed by atoms with Gasteiger partial charge >= 0.3 is 6.03 Å². The molecular weight excluding hydrogens is 345 g/mol. The van der Waals surface area contributed by atoms with Gasteiger partial charge in [-0.05, 0) is 55.7 Å². The van der Waals surface area contributed by atoms with E-state index in [2.05, 4.69) is 10.6 Å². The summed E-state index contributed by atoms with van der Waals surface area (Å²) in [5.41, 5.74) is 2.44. The van der Waals surface area contributed by atoms with Crippen LogP contribution >= 0.6 is 0 Å². The van der Waals surface area contributed by atoms with Crippen LogP contribution in [0, 0.1) is 5.82 Å². The summed E-state index contributed by atoms with van der Waals surface area (Å²) in [7, 11) is 0. The molecule has 1 atom stereocenters. The highest BCUT2D eigenvalue weighted by atomic mass is 19.1. The van der Waals surface area contributed by atoms with Gasteiger partial charge in [-0.1, -0.05) is 24.3 Å². The van der Waals surface area contributed by atoms with E-state index in [-0.39, 0.29) is 29.8 Å². The fourth-order valence-corrected chi connectivity index (χ4v) is 3.19. The second kappa shape index (κ2) is 8.20. The molecule has 0 spiro atoms. The standard InChI is InChI=1S/C21H24FN3O2/c1-14(2)25(13-19-10-11-20(26)23-19)21(27)24-18-5-3-4-16(12-18)15-6-8-17(22)9-7-15/h3-9,12,14,19H,10-11,13H2,1-2H3,(H,23,26)(H,24,27)/t19-/m0/s1. The van der Waals surface area contributed by atoms with E-state index in [0.717, 1.165) is 17.5 Å². The van der Waals surface area contributed by atoms with Crippen molar-refractivity contribution in [2.75, 3.05) is 11.9 Å². The van der Waals surface area contributed by atoms with Crippen molar-refractivity contribution < 1.29 is 14.0 Å². The van der Waals surface area contributed by atoms with Crippen molar-refractivity contribution in [3.8, 4) is 11.1 Å². The second-order valence-electron chi connectivity index (χ2n) is 7.07. The number of rotatable bonds is 5. The fraction of sp³-hybridized carbons (Fsp3) is 0.333. The Morgan fingerprint density at radius 2 is 1.96 bits per heavy atom. The number of amides is 3. The molecule has 1 saturated heterocycles. The predicted molar refractivity (Wildman–Crippen MR) is 104 cm³/mol. The molecule has 2 N–H and O–H groups in total. The lowest BCUT2D eigenvalue weighted by molar-refractivity contribution is -0.119. The van der Waals surface area contributed by atoms with E-state index >= 15 is 0 Å². The quantitative estimate of drug-likeness (QED) is 0.836. The maximum absolute atomic E-state index is 13.1. The summed E-state index contributed by atoms with van der Waals surface area (Å²) in [6, 6.07) is 13.5. The van der Waals surface area contributed by atoms with Crippen LogP contribution < -0.4 is 10.6 Å². The lowest BCUT2D eigenvalue weighted by Gasteiger charge is -2.29. The van der Waals surface area contributed by atoms with Gasteiger partial charge in [0.25, 0.3) is 0 Å². The van der Waals surface area contributed by atoms with Crippen molar-refractivity contribution in [2.45, 2.75) is 38.8 Å². The normalized spacial score (nSPS) is 16.3. The highest BCUT2D eigenvalue weighted by Crippen LogP contribution is 2.23. The Balaban J connectivity index is 1.71. The lowest BCUT2D eigenvalue weighted by Crippen LogP contribution is -2.47. The summed E-state index contributed by atoms with van der Waals surface area (Å²) in [5, 5.41) is 5.83. The summed E-state index contributed by atoms with van der Waals surface area (Å²) >= 11 is 0. The first-order chi connectivity index (χ1) is 12.9. The number of urea groups is 1. The number of nitrogens with zero attached hydrogens (tertiary/aromatic N) is 1. The lowest BCUT2D eigenvalue weighted by atomic mass is 10.1. The summed E-state index contributed by atoms with van der Waals surface area (Å²) < 4.78 is 13.1. The molecule has 0 saturated carbocycles. The Hall–Kier alpha value is -2.89. The molecule has 2 aromatic carbocycles. The van der Waals surface area contributed by atoms with Crippen LogP contribution in [-0.4, -0.2) is 35.5 Å². The minimum absolute atomic E-state index is 0.00258. The zero-order valence-electron chi connectivity index (χ0n) is 15.5. The average Bonchev–Trinajstić information content (AvgIpc) is 3.05. The van der Waals surface area contributed by atoms with E-state index in [1.165, 1.54) is 12.1 Å². The Labute approximate surface area is 158 Å². The van der Waals surface area contributed by atoms with E-state index in [4.69, 9.17) is 0 Å². The number of carbonyl (C=O) groups excluding carboxylic acids is 2. The van der Waals surface area contributed by atoms with Crippen LogP contribution in [0.5, 0.6) is 0 Å². The van der Waals surface area contributed by atoms with Gasteiger partial charge in [0.2, 0.25) is 5.91 Å². The van der Waals surface area contributed by atoms with Crippen LogP contribution in [0.25, 0.3) is 11.1 Å². The Morgan fingerprint density at radius 1 is 1.22 bits per heavy atom. The van der Waals surface area contributed by atoms with Gasteiger partial charge in [0.15, 0.2) is 0 Å². The third-order valence-corrected chi connectivity index (χ3v) is 4.68. The van der Waals surface area contributed by atoms with Crippen molar-refractivity contribution >= 4 is 17.6 Å². The molecule has 0 unspecified atom stereocenters. The van der Waals surface area contributed by atoms with Crippen LogP contribution in [0.2, 0.25) is 0 Å². The van der Waals surface area contributed by atoms with Gasteiger partial charge in [0.1, 0.15) is 5.82 Å². The Bertz CT molecular complexity index is 820. The van der Waals surface area contributed by atoms with Crippen LogP contribution in [0.1, 0.15) is 26.7 Å². The average molecular weight is 369 g/mol. The Kier molecular flexibility index (Phi) is 5.74. The monoisotopic (exact) mass is 369 g/mol. The summed E-state index contributed by atoms with van der Waals surface area (Å²) in [6.45, 7) is 4.38. The summed E-state index contributed by atoms with van der Waals surface area (Å²) in [5.74, 6) is -0.245. The highest BCUT2D eigenvalue weighted by molar-refractivity contribution is 5.90. The molecule has 142 valence electrons. The van der Waals surface area contributed by atoms with Crippen LogP contribution in [0.15, 0.2) is 48.5 Å². The topological polar surface area (TPSA) is 61.4 Å². The largest absolute Gasteiger partial charge is 0.352 e. The minimum atomic E-state index is -0.283. The number of hydrogen-bond donors (Lipinski definition) is 2. The van der Waals surface area contributed by atoms with Gasteiger partial charge < -0.3 is 15.5 Å². The molecule has 0 aromatic heterocycles. The van der Waals surface area contributed by atoms with E-state index in [9.17, 15) is 14.0 Å². The molecule has 0 radical (unpaired) electrons. The van der Waals surface area contributed by atoms with Gasteiger partial charge in [-0.2, -0.15) is 0 Å². The zero-order chi connectivity index (χ0) is 19.4. The van der Waals surface area contributed by atoms with Crippen molar-refractivity contribution in [3.05, 3.63) is 54.3 Å². The maximum Gasteiger partial charge on any atom is 0.322 e. The molecule has 3 rings (SSSR count). The molecule has 0 aliphatic carbocycles. The van der Waals surface area contributed by atoms with Gasteiger partial charge in [-0.25, -0.2) is 9.18 Å². The minimum Gasteiger partial charge on any atom is -0.352 e. The first kappa shape index (κ1) is 18.9. The molecule has 6 heteroatoms. The molecule has 1 aliphatic heterocycles. The maximum atomic E-state index is 13.1. The van der Waals surface area contributed by atoms with E-state index in [1.807, 2.05) is 38.1 Å². The summed E-state index contributed by atoms with van der Waals surface area (Å²) in [4.78, 5) is 25.9. The molecule has 1 fully saturated rings. The first-order valence-corrected chi connectivity index (χ1v) is 9.15. The van der Waals surface area contributed by atoms with Crippen LogP contribution in [0.3, 0.4) is 0 Å². The van der Waals surface area contributed by atoms with E-state index in [1.54, 1.807) is 17.0 Å². The third kappa shape index (κ3) is 4.84. The van der Waals surface area contributed by atoms with Crippen molar-refractivity contribution in [3.63, 3.8) is 0 Å². The number of benzene rings is 2. The molecule has 5 nitrogen and oxygen atoms in total. The van der Waals surface area contributed by atoms with Gasteiger partial charge in [0, 0.05) is 30.7 Å². The van der Waals surface area contributed by atoms with Crippen molar-refractivity contribution in [1.82, 2.24) is 10.2 Å². The highest BCUT2D eigenvalue weighted by Gasteiger charge is 2.26. The fourth-order valence-electron chi connectivity index (χ4n) is 3.19. The smallest absolute Gasteiger partial charge is 0.322 e. The predicted octanol–water partition coefficient (Wildman–Crippen LogP) is 4.01. The summed E-state index contributed by atoms with van der Waals surface area (Å²) in [6.07, 6.45) is 1.26. The molecule has 1 heterocycles. The molecular formula is C21H24FN3O2. The molecule has 0 bridgehead atoms. The van der Waals surface area contributed by atoms with Gasteiger partial charge in [-0.3, -0.25) is 4.79 Å². The number of anilines is 1. The van der Waals surface area contributed by atoms with Gasteiger partial charge in [0.05, 0.1) is 0 Å². The van der Waals surface area contributed by atoms with Crippen molar-refractivity contribution in [1.29, 1.82) is 0 Å². The van der Waals surface area contributed by atoms with E-state index < -0.39 is 0 Å². The third-order valence-electron chi connectivity index (χ3n) is 4.68. The van der Waals surface area contributed by atoms with Crippen molar-refractivity contribution in [2.24, 2.45) is 0 Å². The molecule has 2 aromatic rings. The molecule has 1 aliphatic rings. The first-order valence-electron chi connectivity index (χ1n) is 9.15.